The van der Waals surface area contributed by atoms with E-state index in [-0.39, 0.29) is 16.2 Å². The summed E-state index contributed by atoms with van der Waals surface area (Å²) in [6.07, 6.45) is 15.8. The summed E-state index contributed by atoms with van der Waals surface area (Å²) in [4.78, 5) is 12.4. The van der Waals surface area contributed by atoms with Crippen LogP contribution in [0.4, 0.5) is 0 Å². The van der Waals surface area contributed by atoms with Crippen molar-refractivity contribution in [3.63, 3.8) is 0 Å². The quantitative estimate of drug-likeness (QED) is 0.467. The third kappa shape index (κ3) is 1.60. The summed E-state index contributed by atoms with van der Waals surface area (Å²) in [7, 11) is 0. The van der Waals surface area contributed by atoms with Crippen LogP contribution in [-0.4, -0.2) is 5.78 Å². The van der Waals surface area contributed by atoms with Crippen molar-refractivity contribution < 1.29 is 4.79 Å². The van der Waals surface area contributed by atoms with E-state index >= 15 is 0 Å². The van der Waals surface area contributed by atoms with Crippen LogP contribution in [0.1, 0.15) is 65.7 Å². The number of carbonyl (C=O) groups is 1. The summed E-state index contributed by atoms with van der Waals surface area (Å²) in [5.41, 5.74) is 1.46. The molecule has 0 bridgehead atoms. The molecule has 0 aliphatic heterocycles. The van der Waals surface area contributed by atoms with Gasteiger partial charge >= 0.3 is 0 Å². The van der Waals surface area contributed by atoms with Crippen LogP contribution in [0, 0.1) is 34.5 Å². The fourth-order valence-corrected chi connectivity index (χ4v) is 5.49. The van der Waals surface area contributed by atoms with Crippen LogP contribution in [-0.2, 0) is 4.79 Å². The third-order valence-electron chi connectivity index (χ3n) is 6.65. The highest BCUT2D eigenvalue weighted by Gasteiger charge is 2.58. The summed E-state index contributed by atoms with van der Waals surface area (Å²) < 4.78 is 0. The zero-order valence-corrected chi connectivity index (χ0v) is 13.1. The van der Waals surface area contributed by atoms with Gasteiger partial charge in [0, 0.05) is 11.8 Å². The molecule has 20 heavy (non-hydrogen) atoms. The molecule has 3 atom stereocenters. The Balaban J connectivity index is 2.10. The molecular weight excluding hydrogens is 244 g/mol. The number of rotatable bonds is 0. The maximum Gasteiger partial charge on any atom is 0.138 e. The molecule has 0 heterocycles. The second-order valence-corrected chi connectivity index (χ2v) is 7.89. The maximum atomic E-state index is 12.4. The Morgan fingerprint density at radius 3 is 2.70 bits per heavy atom. The second kappa shape index (κ2) is 4.23. The van der Waals surface area contributed by atoms with Crippen LogP contribution < -0.4 is 0 Å². The molecule has 0 radical (unpaired) electrons. The molecule has 3 aliphatic carbocycles. The van der Waals surface area contributed by atoms with Gasteiger partial charge in [-0.1, -0.05) is 32.8 Å². The van der Waals surface area contributed by atoms with Crippen LogP contribution in [0.5, 0.6) is 0 Å². The van der Waals surface area contributed by atoms with E-state index in [1.165, 1.54) is 12.0 Å². The van der Waals surface area contributed by atoms with E-state index in [0.717, 1.165) is 38.5 Å². The summed E-state index contributed by atoms with van der Waals surface area (Å²) in [6.45, 7) is 6.70. The molecule has 2 saturated carbocycles. The van der Waals surface area contributed by atoms with Crippen molar-refractivity contribution in [1.82, 2.24) is 0 Å². The lowest BCUT2D eigenvalue weighted by Gasteiger charge is -2.59. The van der Waals surface area contributed by atoms with Crippen molar-refractivity contribution in [2.24, 2.45) is 22.2 Å². The number of hydrogen-bond acceptors (Lipinski definition) is 1. The van der Waals surface area contributed by atoms with Crippen LogP contribution in [0.15, 0.2) is 11.6 Å². The van der Waals surface area contributed by atoms with Crippen molar-refractivity contribution in [3.05, 3.63) is 11.6 Å². The molecule has 0 aromatic heterocycles. The summed E-state index contributed by atoms with van der Waals surface area (Å²) >= 11 is 0. The molecule has 0 saturated heterocycles. The van der Waals surface area contributed by atoms with Gasteiger partial charge in [0.1, 0.15) is 5.78 Å². The molecule has 3 aliphatic rings. The molecule has 1 heteroatoms. The van der Waals surface area contributed by atoms with Gasteiger partial charge in [-0.15, -0.1) is 6.42 Å². The first-order valence-electron chi connectivity index (χ1n) is 8.09. The van der Waals surface area contributed by atoms with Crippen molar-refractivity contribution in [1.29, 1.82) is 0 Å². The molecule has 0 amide bonds. The Morgan fingerprint density at radius 2 is 2.00 bits per heavy atom. The summed E-state index contributed by atoms with van der Waals surface area (Å²) in [5.74, 6) is 4.07. The number of terminal acetylenes is 1. The molecule has 1 nitrogen and oxygen atoms in total. The highest BCUT2D eigenvalue weighted by molar-refractivity contribution is 5.85. The molecule has 1 unspecified atom stereocenters. The first-order valence-corrected chi connectivity index (χ1v) is 8.09. The van der Waals surface area contributed by atoms with E-state index < -0.39 is 0 Å². The van der Waals surface area contributed by atoms with E-state index in [2.05, 4.69) is 32.8 Å². The van der Waals surface area contributed by atoms with Gasteiger partial charge in [0.25, 0.3) is 0 Å². The Kier molecular flexibility index (Phi) is 2.95. The van der Waals surface area contributed by atoms with Crippen molar-refractivity contribution >= 4 is 5.78 Å². The largest absolute Gasteiger partial charge is 0.299 e. The SMILES string of the molecule is C#C[C@]12CCCC=C1[C@@]1(C)CCC(=O)C(C)(C)C1CC2. The normalized spacial score (nSPS) is 43.0. The van der Waals surface area contributed by atoms with E-state index in [1.54, 1.807) is 0 Å². The topological polar surface area (TPSA) is 17.1 Å². The van der Waals surface area contributed by atoms with Crippen LogP contribution >= 0.6 is 0 Å². The van der Waals surface area contributed by atoms with Crippen molar-refractivity contribution in [2.75, 3.05) is 0 Å². The molecule has 0 aromatic carbocycles. The Bertz CT molecular complexity index is 518. The van der Waals surface area contributed by atoms with Gasteiger partial charge in [-0.25, -0.2) is 0 Å². The molecular formula is C19H26O. The maximum absolute atomic E-state index is 12.4. The average Bonchev–Trinajstić information content (AvgIpc) is 2.43. The van der Waals surface area contributed by atoms with E-state index in [9.17, 15) is 4.79 Å². The monoisotopic (exact) mass is 270 g/mol. The van der Waals surface area contributed by atoms with Gasteiger partial charge < -0.3 is 0 Å². The van der Waals surface area contributed by atoms with E-state index in [0.29, 0.717) is 11.7 Å². The standard InChI is InChI=1S/C19H26O/c1-5-19-11-7-6-8-15(19)18(4)12-10-16(20)17(2,3)14(18)9-13-19/h1,8,14H,6-7,9-13H2,2-4H3/t14?,18-,19+/m0/s1. The minimum Gasteiger partial charge on any atom is -0.299 e. The first kappa shape index (κ1) is 13.9. The number of fused-ring (bicyclic) bond motifs is 3. The number of Topliss-reactive ketones (excluding diaryl/α,β-unsaturated/α-hetero) is 1. The van der Waals surface area contributed by atoms with Crippen LogP contribution in [0.3, 0.4) is 0 Å². The number of hydrogen-bond donors (Lipinski definition) is 0. The molecule has 3 rings (SSSR count). The van der Waals surface area contributed by atoms with Gasteiger partial charge in [0.2, 0.25) is 0 Å². The predicted octanol–water partition coefficient (Wildman–Crippen LogP) is 4.52. The Labute approximate surface area is 123 Å². The average molecular weight is 270 g/mol. The summed E-state index contributed by atoms with van der Waals surface area (Å²) in [5, 5.41) is 0. The molecule has 0 N–H and O–H groups in total. The smallest absolute Gasteiger partial charge is 0.138 e. The van der Waals surface area contributed by atoms with Gasteiger partial charge in [0.15, 0.2) is 0 Å². The van der Waals surface area contributed by atoms with Crippen molar-refractivity contribution in [3.8, 4) is 12.3 Å². The fraction of sp³-hybridized carbons (Fsp3) is 0.737. The zero-order chi connectivity index (χ0) is 14.6. The zero-order valence-electron chi connectivity index (χ0n) is 13.1. The minimum absolute atomic E-state index is 0.0000321. The molecule has 108 valence electrons. The molecule has 2 fully saturated rings. The van der Waals surface area contributed by atoms with Gasteiger partial charge in [-0.2, -0.15) is 0 Å². The lowest BCUT2D eigenvalue weighted by molar-refractivity contribution is -0.141. The van der Waals surface area contributed by atoms with Crippen molar-refractivity contribution in [2.45, 2.75) is 65.7 Å². The Hall–Kier alpha value is -1.03. The highest BCUT2D eigenvalue weighted by atomic mass is 16.1. The first-order chi connectivity index (χ1) is 9.37. The van der Waals surface area contributed by atoms with Crippen LogP contribution in [0.2, 0.25) is 0 Å². The Morgan fingerprint density at radius 1 is 1.25 bits per heavy atom. The molecule has 0 spiro atoms. The highest BCUT2D eigenvalue weighted by Crippen LogP contribution is 2.65. The number of ketones is 1. The lowest BCUT2D eigenvalue weighted by atomic mass is 9.44. The number of allylic oxidation sites excluding steroid dienone is 2. The third-order valence-corrected chi connectivity index (χ3v) is 6.65. The van der Waals surface area contributed by atoms with Gasteiger partial charge in [-0.3, -0.25) is 4.79 Å². The predicted molar refractivity (Wildman–Crippen MR) is 82.1 cm³/mol. The number of carbonyl (C=O) groups excluding carboxylic acids is 1. The fourth-order valence-electron chi connectivity index (χ4n) is 5.49. The van der Waals surface area contributed by atoms with Gasteiger partial charge in [-0.05, 0) is 55.4 Å². The minimum atomic E-state index is -0.188. The summed E-state index contributed by atoms with van der Waals surface area (Å²) in [6, 6.07) is 0. The van der Waals surface area contributed by atoms with E-state index in [4.69, 9.17) is 6.42 Å². The molecule has 0 aromatic rings. The van der Waals surface area contributed by atoms with Gasteiger partial charge in [0.05, 0.1) is 5.41 Å². The van der Waals surface area contributed by atoms with Crippen LogP contribution in [0.25, 0.3) is 0 Å². The van der Waals surface area contributed by atoms with E-state index in [1.807, 2.05) is 0 Å². The second-order valence-electron chi connectivity index (χ2n) is 7.89. The lowest BCUT2D eigenvalue weighted by Crippen LogP contribution is -2.54.